The number of nitrogens with one attached hydrogen (secondary N) is 3. The molecule has 1 aromatic carbocycles. The molecule has 8 nitrogen and oxygen atoms in total. The SMILES string of the molecule is O=C(NCCN1CCOCC1)c1cc(NCCc2c[nH]c3ccccc23)ncn1. The molecule has 3 heterocycles. The molecular formula is C21H26N6O2. The quantitative estimate of drug-likeness (QED) is 0.538. The fourth-order valence-electron chi connectivity index (χ4n) is 3.48. The first-order valence-electron chi connectivity index (χ1n) is 9.99. The Morgan fingerprint density at radius 1 is 1.17 bits per heavy atom. The van der Waals surface area contributed by atoms with Crippen molar-refractivity contribution in [3.8, 4) is 0 Å². The number of aromatic nitrogens is 3. The normalized spacial score (nSPS) is 14.8. The van der Waals surface area contributed by atoms with E-state index in [-0.39, 0.29) is 5.91 Å². The van der Waals surface area contributed by atoms with Gasteiger partial charge in [-0.1, -0.05) is 18.2 Å². The lowest BCUT2D eigenvalue weighted by Crippen LogP contribution is -2.41. The largest absolute Gasteiger partial charge is 0.379 e. The van der Waals surface area contributed by atoms with E-state index in [1.807, 2.05) is 18.3 Å². The van der Waals surface area contributed by atoms with Crippen molar-refractivity contribution in [2.75, 3.05) is 51.3 Å². The molecule has 3 N–H and O–H groups in total. The molecule has 0 bridgehead atoms. The number of nitrogens with zero attached hydrogens (tertiary/aromatic N) is 3. The third kappa shape index (κ3) is 5.10. The molecule has 0 atom stereocenters. The van der Waals surface area contributed by atoms with E-state index in [9.17, 15) is 4.79 Å². The molecule has 152 valence electrons. The summed E-state index contributed by atoms with van der Waals surface area (Å²) in [7, 11) is 0. The molecule has 1 aliphatic rings. The number of hydrogen-bond acceptors (Lipinski definition) is 6. The first-order valence-corrected chi connectivity index (χ1v) is 9.99. The minimum atomic E-state index is -0.180. The number of anilines is 1. The number of amides is 1. The maximum absolute atomic E-state index is 12.4. The van der Waals surface area contributed by atoms with E-state index in [1.54, 1.807) is 6.07 Å². The summed E-state index contributed by atoms with van der Waals surface area (Å²) in [5.41, 5.74) is 2.76. The van der Waals surface area contributed by atoms with Gasteiger partial charge in [-0.3, -0.25) is 9.69 Å². The Kier molecular flexibility index (Phi) is 6.33. The zero-order valence-corrected chi connectivity index (χ0v) is 16.4. The first kappa shape index (κ1) is 19.4. The standard InChI is InChI=1S/C21H26N6O2/c28-21(23-7-8-27-9-11-29-12-10-27)19-13-20(26-15-25-19)22-6-5-16-14-24-18-4-2-1-3-17(16)18/h1-4,13-15,24H,5-12H2,(H,23,28)(H,22,25,26). The number of H-pyrrole nitrogens is 1. The number of aromatic amines is 1. The highest BCUT2D eigenvalue weighted by molar-refractivity contribution is 5.92. The van der Waals surface area contributed by atoms with Crippen LogP contribution in [0.5, 0.6) is 0 Å². The van der Waals surface area contributed by atoms with Gasteiger partial charge in [-0.05, 0) is 18.1 Å². The molecule has 0 saturated carbocycles. The van der Waals surface area contributed by atoms with E-state index < -0.39 is 0 Å². The molecule has 1 saturated heterocycles. The summed E-state index contributed by atoms with van der Waals surface area (Å²) >= 11 is 0. The Bertz CT molecular complexity index is 951. The average molecular weight is 394 g/mol. The summed E-state index contributed by atoms with van der Waals surface area (Å²) in [6.07, 6.45) is 4.32. The van der Waals surface area contributed by atoms with Gasteiger partial charge in [-0.15, -0.1) is 0 Å². The summed E-state index contributed by atoms with van der Waals surface area (Å²) in [5, 5.41) is 7.45. The van der Waals surface area contributed by atoms with Crippen LogP contribution in [-0.4, -0.2) is 71.7 Å². The number of rotatable bonds is 8. The van der Waals surface area contributed by atoms with Crippen LogP contribution in [0.4, 0.5) is 5.82 Å². The lowest BCUT2D eigenvalue weighted by Gasteiger charge is -2.26. The Labute approximate surface area is 169 Å². The van der Waals surface area contributed by atoms with Gasteiger partial charge in [0.15, 0.2) is 0 Å². The molecule has 0 unspecified atom stereocenters. The van der Waals surface area contributed by atoms with Crippen LogP contribution >= 0.6 is 0 Å². The third-order valence-corrected chi connectivity index (χ3v) is 5.09. The van der Waals surface area contributed by atoms with Gasteiger partial charge in [0.05, 0.1) is 13.2 Å². The Morgan fingerprint density at radius 2 is 2.03 bits per heavy atom. The molecule has 3 aromatic rings. The smallest absolute Gasteiger partial charge is 0.270 e. The van der Waals surface area contributed by atoms with Crippen molar-refractivity contribution < 1.29 is 9.53 Å². The van der Waals surface area contributed by atoms with Crippen molar-refractivity contribution >= 4 is 22.6 Å². The van der Waals surface area contributed by atoms with Gasteiger partial charge >= 0.3 is 0 Å². The van der Waals surface area contributed by atoms with Crippen LogP contribution in [0.1, 0.15) is 16.1 Å². The summed E-state index contributed by atoms with van der Waals surface area (Å²) < 4.78 is 5.33. The number of benzene rings is 1. The number of morpholine rings is 1. The number of hydrogen-bond donors (Lipinski definition) is 3. The van der Waals surface area contributed by atoms with Crippen molar-refractivity contribution in [2.45, 2.75) is 6.42 Å². The molecular weight excluding hydrogens is 368 g/mol. The molecule has 4 rings (SSSR count). The zero-order valence-electron chi connectivity index (χ0n) is 16.4. The van der Waals surface area contributed by atoms with Crippen molar-refractivity contribution in [1.29, 1.82) is 0 Å². The summed E-state index contributed by atoms with van der Waals surface area (Å²) in [6.45, 7) is 5.46. The number of para-hydroxylation sites is 1. The number of carbonyl (C=O) groups excluding carboxylic acids is 1. The molecule has 2 aromatic heterocycles. The van der Waals surface area contributed by atoms with Crippen molar-refractivity contribution in [1.82, 2.24) is 25.2 Å². The molecule has 1 aliphatic heterocycles. The van der Waals surface area contributed by atoms with E-state index in [0.29, 0.717) is 18.1 Å². The minimum Gasteiger partial charge on any atom is -0.379 e. The van der Waals surface area contributed by atoms with E-state index in [0.717, 1.165) is 51.3 Å². The van der Waals surface area contributed by atoms with Crippen LogP contribution in [0.25, 0.3) is 10.9 Å². The molecule has 29 heavy (non-hydrogen) atoms. The van der Waals surface area contributed by atoms with E-state index in [4.69, 9.17) is 4.74 Å². The van der Waals surface area contributed by atoms with Gasteiger partial charge in [0, 0.05) is 55.9 Å². The van der Waals surface area contributed by atoms with Crippen molar-refractivity contribution in [2.24, 2.45) is 0 Å². The number of ether oxygens (including phenoxy) is 1. The second kappa shape index (κ2) is 9.49. The lowest BCUT2D eigenvalue weighted by molar-refractivity contribution is 0.0383. The maximum Gasteiger partial charge on any atom is 0.270 e. The molecule has 8 heteroatoms. The van der Waals surface area contributed by atoms with Gasteiger partial charge in [0.2, 0.25) is 0 Å². The van der Waals surface area contributed by atoms with Crippen LogP contribution in [0.15, 0.2) is 42.9 Å². The third-order valence-electron chi connectivity index (χ3n) is 5.09. The second-order valence-corrected chi connectivity index (χ2v) is 7.03. The average Bonchev–Trinajstić information content (AvgIpc) is 3.18. The van der Waals surface area contributed by atoms with Crippen LogP contribution in [-0.2, 0) is 11.2 Å². The van der Waals surface area contributed by atoms with E-state index in [2.05, 4.69) is 42.6 Å². The van der Waals surface area contributed by atoms with Crippen molar-refractivity contribution in [3.05, 3.63) is 54.1 Å². The van der Waals surface area contributed by atoms with Gasteiger partial charge in [0.25, 0.3) is 5.91 Å². The summed E-state index contributed by atoms with van der Waals surface area (Å²) in [5.74, 6) is 0.471. The van der Waals surface area contributed by atoms with Gasteiger partial charge < -0.3 is 20.4 Å². The van der Waals surface area contributed by atoms with Crippen LogP contribution in [0, 0.1) is 0 Å². The Hall–Kier alpha value is -2.97. The number of carbonyl (C=O) groups is 1. The predicted molar refractivity (Wildman–Crippen MR) is 112 cm³/mol. The molecule has 0 aliphatic carbocycles. The fraction of sp³-hybridized carbons (Fsp3) is 0.381. The maximum atomic E-state index is 12.4. The topological polar surface area (TPSA) is 95.2 Å². The lowest BCUT2D eigenvalue weighted by atomic mass is 10.1. The highest BCUT2D eigenvalue weighted by Gasteiger charge is 2.12. The summed E-state index contributed by atoms with van der Waals surface area (Å²) in [6, 6.07) is 9.95. The minimum absolute atomic E-state index is 0.180. The zero-order chi connectivity index (χ0) is 19.9. The Balaban J connectivity index is 1.26. The highest BCUT2D eigenvalue weighted by Crippen LogP contribution is 2.18. The predicted octanol–water partition coefficient (Wildman–Crippen LogP) is 1.67. The highest BCUT2D eigenvalue weighted by atomic mass is 16.5. The van der Waals surface area contributed by atoms with E-state index in [1.165, 1.54) is 17.3 Å². The second-order valence-electron chi connectivity index (χ2n) is 7.03. The van der Waals surface area contributed by atoms with Crippen LogP contribution in [0.3, 0.4) is 0 Å². The Morgan fingerprint density at radius 3 is 2.93 bits per heavy atom. The molecule has 1 amide bonds. The van der Waals surface area contributed by atoms with Gasteiger partial charge in [0.1, 0.15) is 17.8 Å². The fourth-order valence-corrected chi connectivity index (χ4v) is 3.48. The number of fused-ring (bicyclic) bond motifs is 1. The van der Waals surface area contributed by atoms with Crippen LogP contribution < -0.4 is 10.6 Å². The molecule has 0 spiro atoms. The van der Waals surface area contributed by atoms with Gasteiger partial charge in [-0.25, -0.2) is 9.97 Å². The molecule has 0 radical (unpaired) electrons. The molecule has 1 fully saturated rings. The van der Waals surface area contributed by atoms with E-state index >= 15 is 0 Å². The first-order chi connectivity index (χ1) is 14.3. The summed E-state index contributed by atoms with van der Waals surface area (Å²) in [4.78, 5) is 26.3. The van der Waals surface area contributed by atoms with Gasteiger partial charge in [-0.2, -0.15) is 0 Å². The van der Waals surface area contributed by atoms with Crippen molar-refractivity contribution in [3.63, 3.8) is 0 Å². The monoisotopic (exact) mass is 394 g/mol. The van der Waals surface area contributed by atoms with Crippen LogP contribution in [0.2, 0.25) is 0 Å².